The molecule has 0 spiro atoms. The summed E-state index contributed by atoms with van der Waals surface area (Å²) in [6, 6.07) is 5.29. The first-order chi connectivity index (χ1) is 9.01. The third kappa shape index (κ3) is 2.57. The van der Waals surface area contributed by atoms with Crippen molar-refractivity contribution in [2.75, 3.05) is 0 Å². The Hall–Kier alpha value is -2.75. The highest BCUT2D eigenvalue weighted by Gasteiger charge is 2.08. The van der Waals surface area contributed by atoms with Gasteiger partial charge in [-0.2, -0.15) is 9.65 Å². The lowest BCUT2D eigenvalue weighted by molar-refractivity contribution is 0.564. The fraction of sp³-hybridized carbons (Fsp3) is 0.0833. The number of nitriles is 1. The second-order valence-corrected chi connectivity index (χ2v) is 3.78. The fourth-order valence-electron chi connectivity index (χ4n) is 1.59. The summed E-state index contributed by atoms with van der Waals surface area (Å²) in [6.45, 7) is -0.215. The van der Waals surface area contributed by atoms with Crippen molar-refractivity contribution in [1.82, 2.24) is 9.55 Å². The van der Waals surface area contributed by atoms with E-state index in [1.807, 2.05) is 6.07 Å². The molecular weight excluding hydrogens is 256 g/mol. The Labute approximate surface area is 105 Å². The highest BCUT2D eigenvalue weighted by atomic mass is 19.1. The van der Waals surface area contributed by atoms with E-state index in [1.54, 1.807) is 4.98 Å². The van der Waals surface area contributed by atoms with Crippen LogP contribution in [0.5, 0.6) is 0 Å². The van der Waals surface area contributed by atoms with Gasteiger partial charge in [-0.1, -0.05) is 0 Å². The molecule has 0 saturated carbocycles. The molecule has 0 bridgehead atoms. The number of nitrogens with one attached hydrogen (secondary N) is 1. The second-order valence-electron chi connectivity index (χ2n) is 3.78. The van der Waals surface area contributed by atoms with Crippen LogP contribution in [0.3, 0.4) is 0 Å². The number of aromatic nitrogens is 2. The average Bonchev–Trinajstić information content (AvgIpc) is 2.36. The summed E-state index contributed by atoms with van der Waals surface area (Å²) in [7, 11) is 0. The van der Waals surface area contributed by atoms with E-state index in [-0.39, 0.29) is 17.7 Å². The number of hydrogen-bond acceptors (Lipinski definition) is 3. The molecule has 96 valence electrons. The minimum Gasteiger partial charge on any atom is -0.293 e. The van der Waals surface area contributed by atoms with E-state index in [9.17, 15) is 18.4 Å². The predicted molar refractivity (Wildman–Crippen MR) is 61.5 cm³/mol. The van der Waals surface area contributed by atoms with Gasteiger partial charge < -0.3 is 0 Å². The summed E-state index contributed by atoms with van der Waals surface area (Å²) in [5.41, 5.74) is -1.57. The van der Waals surface area contributed by atoms with Crippen molar-refractivity contribution in [2.24, 2.45) is 0 Å². The van der Waals surface area contributed by atoms with Crippen LogP contribution in [0.15, 0.2) is 34.0 Å². The van der Waals surface area contributed by atoms with E-state index in [2.05, 4.69) is 0 Å². The number of nitrogens with zero attached hydrogens (tertiary/aromatic N) is 2. The second kappa shape index (κ2) is 4.86. The van der Waals surface area contributed by atoms with E-state index in [1.165, 1.54) is 6.07 Å². The van der Waals surface area contributed by atoms with Crippen LogP contribution in [0.2, 0.25) is 0 Å². The summed E-state index contributed by atoms with van der Waals surface area (Å²) >= 11 is 0. The van der Waals surface area contributed by atoms with Gasteiger partial charge in [-0.05, 0) is 23.8 Å². The number of rotatable bonds is 2. The standard InChI is InChI=1S/C12H7F2N3O2/c13-9-2-1-7(4-15)8(3-9)5-17-6-10(14)11(18)16-12(17)19/h1-3,6H,5H2,(H,16,18,19). The molecule has 1 aromatic carbocycles. The average molecular weight is 263 g/mol. The highest BCUT2D eigenvalue weighted by Crippen LogP contribution is 2.11. The van der Waals surface area contributed by atoms with Gasteiger partial charge in [0.15, 0.2) is 0 Å². The number of benzene rings is 1. The Morgan fingerprint density at radius 2 is 2.05 bits per heavy atom. The minimum absolute atomic E-state index is 0.167. The molecule has 0 saturated heterocycles. The van der Waals surface area contributed by atoms with Crippen LogP contribution < -0.4 is 11.2 Å². The molecule has 0 aliphatic heterocycles. The Kier molecular flexibility index (Phi) is 3.25. The van der Waals surface area contributed by atoms with Crippen LogP contribution in [-0.4, -0.2) is 9.55 Å². The van der Waals surface area contributed by atoms with Crippen LogP contribution in [0, 0.1) is 23.0 Å². The van der Waals surface area contributed by atoms with E-state index in [4.69, 9.17) is 5.26 Å². The molecule has 0 unspecified atom stereocenters. The maximum atomic E-state index is 13.1. The maximum absolute atomic E-state index is 13.1. The molecule has 0 aliphatic carbocycles. The number of halogens is 2. The van der Waals surface area contributed by atoms with E-state index < -0.39 is 22.9 Å². The lowest BCUT2D eigenvalue weighted by Gasteiger charge is -2.07. The summed E-state index contributed by atoms with van der Waals surface area (Å²) < 4.78 is 27.0. The monoisotopic (exact) mass is 263 g/mol. The first kappa shape index (κ1) is 12.7. The SMILES string of the molecule is N#Cc1ccc(F)cc1Cn1cc(F)c(=O)[nH]c1=O. The molecular formula is C12H7F2N3O2. The normalized spacial score (nSPS) is 10.2. The van der Waals surface area contributed by atoms with Gasteiger partial charge in [0.1, 0.15) is 5.82 Å². The Morgan fingerprint density at radius 1 is 1.32 bits per heavy atom. The number of hydrogen-bond donors (Lipinski definition) is 1. The van der Waals surface area contributed by atoms with E-state index in [0.29, 0.717) is 6.20 Å². The first-order valence-electron chi connectivity index (χ1n) is 5.19. The molecule has 2 aromatic rings. The predicted octanol–water partition coefficient (Wildman–Crippen LogP) is 0.735. The van der Waals surface area contributed by atoms with E-state index in [0.717, 1.165) is 16.7 Å². The zero-order valence-electron chi connectivity index (χ0n) is 9.48. The van der Waals surface area contributed by atoms with Crippen molar-refractivity contribution in [1.29, 1.82) is 5.26 Å². The third-order valence-corrected chi connectivity index (χ3v) is 2.50. The molecule has 1 heterocycles. The number of aromatic amines is 1. The number of H-pyrrole nitrogens is 1. The lowest BCUT2D eigenvalue weighted by Crippen LogP contribution is -2.31. The van der Waals surface area contributed by atoms with Crippen LogP contribution in [0.25, 0.3) is 0 Å². The molecule has 7 heteroatoms. The van der Waals surface area contributed by atoms with Crippen LogP contribution in [0.1, 0.15) is 11.1 Å². The van der Waals surface area contributed by atoms with Crippen molar-refractivity contribution in [3.05, 3.63) is 68.0 Å². The zero-order valence-corrected chi connectivity index (χ0v) is 9.48. The molecule has 2 rings (SSSR count). The third-order valence-electron chi connectivity index (χ3n) is 2.50. The quantitative estimate of drug-likeness (QED) is 0.867. The molecule has 0 amide bonds. The molecule has 0 fully saturated rings. The molecule has 0 atom stereocenters. The van der Waals surface area contributed by atoms with Gasteiger partial charge in [0.2, 0.25) is 5.82 Å². The van der Waals surface area contributed by atoms with Gasteiger partial charge in [-0.3, -0.25) is 14.3 Å². The largest absolute Gasteiger partial charge is 0.328 e. The smallest absolute Gasteiger partial charge is 0.293 e. The van der Waals surface area contributed by atoms with Crippen molar-refractivity contribution >= 4 is 0 Å². The zero-order chi connectivity index (χ0) is 14.0. The summed E-state index contributed by atoms with van der Waals surface area (Å²) in [5.74, 6) is -1.71. The van der Waals surface area contributed by atoms with Crippen molar-refractivity contribution in [3.8, 4) is 6.07 Å². The van der Waals surface area contributed by atoms with Gasteiger partial charge in [-0.25, -0.2) is 9.18 Å². The molecule has 5 nitrogen and oxygen atoms in total. The topological polar surface area (TPSA) is 78.7 Å². The van der Waals surface area contributed by atoms with Gasteiger partial charge in [0, 0.05) is 0 Å². The molecule has 1 aromatic heterocycles. The fourth-order valence-corrected chi connectivity index (χ4v) is 1.59. The Bertz CT molecular complexity index is 787. The highest BCUT2D eigenvalue weighted by molar-refractivity contribution is 5.37. The summed E-state index contributed by atoms with van der Waals surface area (Å²) in [5, 5.41) is 8.86. The Balaban J connectivity index is 2.51. The van der Waals surface area contributed by atoms with E-state index >= 15 is 0 Å². The maximum Gasteiger partial charge on any atom is 0.328 e. The first-order valence-corrected chi connectivity index (χ1v) is 5.19. The van der Waals surface area contributed by atoms with Gasteiger partial charge in [-0.15, -0.1) is 0 Å². The molecule has 0 radical (unpaired) electrons. The lowest BCUT2D eigenvalue weighted by atomic mass is 10.1. The van der Waals surface area contributed by atoms with Crippen molar-refractivity contribution < 1.29 is 8.78 Å². The van der Waals surface area contributed by atoms with Gasteiger partial charge in [0.25, 0.3) is 5.56 Å². The van der Waals surface area contributed by atoms with Crippen LogP contribution in [0.4, 0.5) is 8.78 Å². The summed E-state index contributed by atoms with van der Waals surface area (Å²) in [4.78, 5) is 24.1. The molecule has 0 aliphatic rings. The van der Waals surface area contributed by atoms with Crippen molar-refractivity contribution in [3.63, 3.8) is 0 Å². The molecule has 1 N–H and O–H groups in total. The Morgan fingerprint density at radius 3 is 2.74 bits per heavy atom. The van der Waals surface area contributed by atoms with Crippen LogP contribution in [-0.2, 0) is 6.54 Å². The van der Waals surface area contributed by atoms with Crippen LogP contribution >= 0.6 is 0 Å². The van der Waals surface area contributed by atoms with Gasteiger partial charge in [0.05, 0.1) is 24.4 Å². The minimum atomic E-state index is -1.13. The molecule has 19 heavy (non-hydrogen) atoms. The summed E-state index contributed by atoms with van der Waals surface area (Å²) in [6.07, 6.45) is 0.716. The van der Waals surface area contributed by atoms with Gasteiger partial charge >= 0.3 is 5.69 Å². The van der Waals surface area contributed by atoms with Crippen molar-refractivity contribution in [2.45, 2.75) is 6.54 Å².